The lowest BCUT2D eigenvalue weighted by Gasteiger charge is -2.11. The SMILES string of the molecule is c1ccc(-n2c3ccccc3c3cc(-n4c5ccccc5c5cc6c7ccccc7n7c8ccc9ccccc9c8c(c54)c67)cnc32)cc1. The number of benzene rings is 7. The van der Waals surface area contributed by atoms with E-state index < -0.39 is 0 Å². The van der Waals surface area contributed by atoms with Gasteiger partial charge in [0.2, 0.25) is 0 Å². The first-order valence-corrected chi connectivity index (χ1v) is 16.8. The number of fused-ring (bicyclic) bond motifs is 15. The molecule has 7 aromatic carbocycles. The standard InChI is InChI=1S/C45H26N4/c1-2-13-28(14-3-1)48-38-20-10-8-18-33(38)36-24-29(26-46-45(36)48)47-37-19-9-6-16-31(37)34-25-35-32-17-7-11-21-39(32)49-40-23-22-27-12-4-5-15-30(27)41(40)42(43(34)47)44(35)49/h1-26H. The average molecular weight is 623 g/mol. The van der Waals surface area contributed by atoms with Gasteiger partial charge >= 0.3 is 0 Å². The first-order chi connectivity index (χ1) is 24.3. The van der Waals surface area contributed by atoms with Crippen LogP contribution in [0, 0.1) is 0 Å². The summed E-state index contributed by atoms with van der Waals surface area (Å²) in [4.78, 5) is 5.26. The molecule has 12 aromatic rings. The number of rotatable bonds is 2. The van der Waals surface area contributed by atoms with Crippen LogP contribution < -0.4 is 0 Å². The van der Waals surface area contributed by atoms with E-state index in [2.05, 4.69) is 171 Å². The lowest BCUT2D eigenvalue weighted by Crippen LogP contribution is -1.98. The van der Waals surface area contributed by atoms with Crippen LogP contribution in [0.4, 0.5) is 0 Å². The molecule has 0 aliphatic carbocycles. The third kappa shape index (κ3) is 3.12. The molecule has 4 heteroatoms. The summed E-state index contributed by atoms with van der Waals surface area (Å²) in [6.07, 6.45) is 2.07. The number of hydrogen-bond donors (Lipinski definition) is 0. The van der Waals surface area contributed by atoms with E-state index in [9.17, 15) is 0 Å². The second-order valence-corrected chi connectivity index (χ2v) is 13.2. The monoisotopic (exact) mass is 622 g/mol. The quantitative estimate of drug-likeness (QED) is 0.188. The van der Waals surface area contributed by atoms with Crippen molar-refractivity contribution in [2.75, 3.05) is 0 Å². The van der Waals surface area contributed by atoms with Gasteiger partial charge in [-0.2, -0.15) is 0 Å². The maximum Gasteiger partial charge on any atom is 0.145 e. The Morgan fingerprint density at radius 3 is 1.78 bits per heavy atom. The molecule has 0 saturated carbocycles. The van der Waals surface area contributed by atoms with Crippen molar-refractivity contribution >= 4 is 92.6 Å². The van der Waals surface area contributed by atoms with Crippen molar-refractivity contribution in [1.29, 1.82) is 0 Å². The maximum atomic E-state index is 5.26. The van der Waals surface area contributed by atoms with Crippen LogP contribution in [0.3, 0.4) is 0 Å². The molecular formula is C45H26N4. The molecule has 0 N–H and O–H groups in total. The van der Waals surface area contributed by atoms with Gasteiger partial charge in [0, 0.05) is 48.8 Å². The molecule has 0 aliphatic heterocycles. The van der Waals surface area contributed by atoms with Crippen molar-refractivity contribution in [3.8, 4) is 11.4 Å². The molecule has 0 aliphatic rings. The third-order valence-corrected chi connectivity index (χ3v) is 10.8. The zero-order chi connectivity index (χ0) is 31.8. The number of hydrogen-bond acceptors (Lipinski definition) is 1. The van der Waals surface area contributed by atoms with Crippen LogP contribution in [-0.4, -0.2) is 18.5 Å². The number of nitrogens with zero attached hydrogens (tertiary/aromatic N) is 4. The molecule has 226 valence electrons. The molecule has 5 aromatic heterocycles. The van der Waals surface area contributed by atoms with Crippen LogP contribution in [0.25, 0.3) is 104 Å². The van der Waals surface area contributed by atoms with E-state index in [1.165, 1.54) is 76.1 Å². The Kier molecular flexibility index (Phi) is 4.69. The number of aromatic nitrogens is 4. The van der Waals surface area contributed by atoms with Crippen LogP contribution in [0.5, 0.6) is 0 Å². The fraction of sp³-hybridized carbons (Fsp3) is 0. The van der Waals surface area contributed by atoms with Gasteiger partial charge in [0.25, 0.3) is 0 Å². The zero-order valence-electron chi connectivity index (χ0n) is 26.3. The summed E-state index contributed by atoms with van der Waals surface area (Å²) in [6, 6.07) is 55.1. The predicted molar refractivity (Wildman–Crippen MR) is 205 cm³/mol. The van der Waals surface area contributed by atoms with Gasteiger partial charge in [-0.15, -0.1) is 0 Å². The number of pyridine rings is 1. The first-order valence-electron chi connectivity index (χ1n) is 16.8. The minimum absolute atomic E-state index is 0.959. The summed E-state index contributed by atoms with van der Waals surface area (Å²) in [6.45, 7) is 0. The molecule has 0 radical (unpaired) electrons. The summed E-state index contributed by atoms with van der Waals surface area (Å²) < 4.78 is 7.25. The molecule has 0 amide bonds. The van der Waals surface area contributed by atoms with Crippen molar-refractivity contribution in [2.45, 2.75) is 0 Å². The van der Waals surface area contributed by atoms with Crippen LogP contribution in [0.2, 0.25) is 0 Å². The van der Waals surface area contributed by atoms with Crippen molar-refractivity contribution in [1.82, 2.24) is 18.5 Å². The molecule has 4 nitrogen and oxygen atoms in total. The van der Waals surface area contributed by atoms with E-state index in [1.54, 1.807) is 0 Å². The molecule has 0 saturated heterocycles. The second-order valence-electron chi connectivity index (χ2n) is 13.2. The summed E-state index contributed by atoms with van der Waals surface area (Å²) in [5.41, 5.74) is 10.4. The third-order valence-electron chi connectivity index (χ3n) is 10.8. The largest absolute Gasteiger partial charge is 0.308 e. The first kappa shape index (κ1) is 25.4. The summed E-state index contributed by atoms with van der Waals surface area (Å²) in [7, 11) is 0. The van der Waals surface area contributed by atoms with Crippen LogP contribution in [0.15, 0.2) is 158 Å². The highest BCUT2D eigenvalue weighted by atomic mass is 15.1. The molecule has 0 bridgehead atoms. The molecule has 5 heterocycles. The highest BCUT2D eigenvalue weighted by Crippen LogP contribution is 2.48. The Morgan fingerprint density at radius 2 is 0.980 bits per heavy atom. The minimum atomic E-state index is 0.959. The molecule has 0 spiro atoms. The van der Waals surface area contributed by atoms with Gasteiger partial charge in [0.1, 0.15) is 5.65 Å². The lowest BCUT2D eigenvalue weighted by molar-refractivity contribution is 1.11. The molecule has 49 heavy (non-hydrogen) atoms. The Hall–Kier alpha value is -6.65. The zero-order valence-corrected chi connectivity index (χ0v) is 26.3. The van der Waals surface area contributed by atoms with Crippen LogP contribution >= 0.6 is 0 Å². The summed E-state index contributed by atoms with van der Waals surface area (Å²) >= 11 is 0. The van der Waals surface area contributed by atoms with E-state index in [1.807, 2.05) is 0 Å². The van der Waals surface area contributed by atoms with Gasteiger partial charge in [-0.1, -0.05) is 103 Å². The van der Waals surface area contributed by atoms with Crippen molar-refractivity contribution in [3.63, 3.8) is 0 Å². The van der Waals surface area contributed by atoms with E-state index in [4.69, 9.17) is 4.98 Å². The molecule has 0 unspecified atom stereocenters. The smallest absolute Gasteiger partial charge is 0.145 e. The molecule has 0 fully saturated rings. The topological polar surface area (TPSA) is 27.2 Å². The van der Waals surface area contributed by atoms with Crippen LogP contribution in [-0.2, 0) is 0 Å². The Bertz CT molecular complexity index is 3320. The molecular weight excluding hydrogens is 597 g/mol. The maximum absolute atomic E-state index is 5.26. The second kappa shape index (κ2) is 9.03. The highest BCUT2D eigenvalue weighted by Gasteiger charge is 2.25. The fourth-order valence-electron chi connectivity index (χ4n) is 8.83. The number of para-hydroxylation sites is 4. The van der Waals surface area contributed by atoms with Gasteiger partial charge in [0.15, 0.2) is 0 Å². The lowest BCUT2D eigenvalue weighted by atomic mass is 9.99. The van der Waals surface area contributed by atoms with Crippen molar-refractivity contribution < 1.29 is 0 Å². The van der Waals surface area contributed by atoms with Gasteiger partial charge < -0.3 is 8.97 Å². The fourth-order valence-corrected chi connectivity index (χ4v) is 8.83. The van der Waals surface area contributed by atoms with E-state index in [0.717, 1.165) is 27.9 Å². The average Bonchev–Trinajstić information content (AvgIpc) is 3.89. The van der Waals surface area contributed by atoms with Gasteiger partial charge in [0.05, 0.1) is 45.0 Å². The van der Waals surface area contributed by atoms with E-state index >= 15 is 0 Å². The van der Waals surface area contributed by atoms with Gasteiger partial charge in [-0.25, -0.2) is 4.98 Å². The summed E-state index contributed by atoms with van der Waals surface area (Å²) in [5, 5.41) is 12.5. The Balaban J connectivity index is 1.31. The van der Waals surface area contributed by atoms with Crippen molar-refractivity contribution in [2.24, 2.45) is 0 Å². The normalized spacial score (nSPS) is 12.5. The van der Waals surface area contributed by atoms with Gasteiger partial charge in [-0.05, 0) is 59.3 Å². The van der Waals surface area contributed by atoms with Gasteiger partial charge in [-0.3, -0.25) is 4.57 Å². The van der Waals surface area contributed by atoms with Crippen LogP contribution in [0.1, 0.15) is 0 Å². The highest BCUT2D eigenvalue weighted by molar-refractivity contribution is 6.37. The Labute approximate surface area is 279 Å². The summed E-state index contributed by atoms with van der Waals surface area (Å²) in [5.74, 6) is 0. The van der Waals surface area contributed by atoms with Crippen molar-refractivity contribution in [3.05, 3.63) is 158 Å². The molecule has 0 atom stereocenters. The predicted octanol–water partition coefficient (Wildman–Crippen LogP) is 11.6. The molecule has 12 rings (SSSR count). The van der Waals surface area contributed by atoms with E-state index in [0.29, 0.717) is 0 Å². The Morgan fingerprint density at radius 1 is 0.367 bits per heavy atom. The minimum Gasteiger partial charge on any atom is -0.308 e. The van der Waals surface area contributed by atoms with E-state index in [-0.39, 0.29) is 0 Å².